The molecule has 0 N–H and O–H groups in total. The lowest BCUT2D eigenvalue weighted by Gasteiger charge is -2.35. The molecule has 1 aliphatic heterocycles. The van der Waals surface area contributed by atoms with E-state index in [0.29, 0.717) is 17.2 Å². The van der Waals surface area contributed by atoms with Crippen molar-refractivity contribution in [3.63, 3.8) is 0 Å². The van der Waals surface area contributed by atoms with Crippen molar-refractivity contribution in [1.29, 1.82) is 0 Å². The van der Waals surface area contributed by atoms with Crippen LogP contribution in [0.25, 0.3) is 0 Å². The molecule has 1 amide bonds. The van der Waals surface area contributed by atoms with Crippen molar-refractivity contribution in [3.8, 4) is 5.75 Å². The average Bonchev–Trinajstić information content (AvgIpc) is 2.75. The number of esters is 2. The SMILES string of the molecule is COC(=O)[C@@H]1Cc2ccccc2CN1C(=O)COC(=O)COc1ccc(Cl)cc1. The first-order valence-electron chi connectivity index (χ1n) is 8.96. The van der Waals surface area contributed by atoms with Gasteiger partial charge in [0.1, 0.15) is 11.8 Å². The highest BCUT2D eigenvalue weighted by atomic mass is 35.5. The van der Waals surface area contributed by atoms with E-state index in [1.165, 1.54) is 12.0 Å². The van der Waals surface area contributed by atoms with Gasteiger partial charge in [0, 0.05) is 18.0 Å². The minimum Gasteiger partial charge on any atom is -0.482 e. The van der Waals surface area contributed by atoms with Crippen LogP contribution in [-0.2, 0) is 36.8 Å². The highest BCUT2D eigenvalue weighted by Gasteiger charge is 2.35. The summed E-state index contributed by atoms with van der Waals surface area (Å²) in [5, 5.41) is 0.550. The van der Waals surface area contributed by atoms with E-state index in [4.69, 9.17) is 25.8 Å². The number of methoxy groups -OCH3 is 1. The molecule has 0 saturated heterocycles. The molecule has 0 aliphatic carbocycles. The molecular weight excluding hydrogens is 398 g/mol. The highest BCUT2D eigenvalue weighted by Crippen LogP contribution is 2.24. The lowest BCUT2D eigenvalue weighted by atomic mass is 9.94. The molecule has 0 saturated carbocycles. The molecule has 0 radical (unpaired) electrons. The molecule has 29 heavy (non-hydrogen) atoms. The number of amides is 1. The maximum atomic E-state index is 12.6. The van der Waals surface area contributed by atoms with E-state index in [1.807, 2.05) is 24.3 Å². The second-order valence-electron chi connectivity index (χ2n) is 6.44. The number of carbonyl (C=O) groups is 3. The van der Waals surface area contributed by atoms with Gasteiger partial charge in [0.05, 0.1) is 7.11 Å². The molecule has 1 heterocycles. The van der Waals surface area contributed by atoms with Gasteiger partial charge in [0.15, 0.2) is 13.2 Å². The third-order valence-corrected chi connectivity index (χ3v) is 4.82. The lowest BCUT2D eigenvalue weighted by Crippen LogP contribution is -2.50. The van der Waals surface area contributed by atoms with Crippen LogP contribution in [0.4, 0.5) is 0 Å². The Morgan fingerprint density at radius 2 is 1.72 bits per heavy atom. The van der Waals surface area contributed by atoms with Crippen molar-refractivity contribution in [1.82, 2.24) is 4.90 Å². The summed E-state index contributed by atoms with van der Waals surface area (Å²) in [6.07, 6.45) is 0.349. The summed E-state index contributed by atoms with van der Waals surface area (Å²) in [4.78, 5) is 38.1. The Labute approximate surface area is 173 Å². The number of benzene rings is 2. The minimum absolute atomic E-state index is 0.244. The van der Waals surface area contributed by atoms with E-state index in [0.717, 1.165) is 11.1 Å². The van der Waals surface area contributed by atoms with Gasteiger partial charge < -0.3 is 19.1 Å². The highest BCUT2D eigenvalue weighted by molar-refractivity contribution is 6.30. The van der Waals surface area contributed by atoms with Crippen LogP contribution in [-0.4, -0.2) is 49.1 Å². The summed E-state index contributed by atoms with van der Waals surface area (Å²) < 4.78 is 15.1. The van der Waals surface area contributed by atoms with Crippen molar-refractivity contribution >= 4 is 29.4 Å². The van der Waals surface area contributed by atoms with Gasteiger partial charge >= 0.3 is 11.9 Å². The van der Waals surface area contributed by atoms with Gasteiger partial charge in [0.25, 0.3) is 5.91 Å². The van der Waals surface area contributed by atoms with E-state index >= 15 is 0 Å². The van der Waals surface area contributed by atoms with E-state index in [-0.39, 0.29) is 13.2 Å². The Morgan fingerprint density at radius 3 is 2.41 bits per heavy atom. The summed E-state index contributed by atoms with van der Waals surface area (Å²) >= 11 is 5.79. The zero-order valence-electron chi connectivity index (χ0n) is 15.8. The van der Waals surface area contributed by atoms with Crippen molar-refractivity contribution in [2.75, 3.05) is 20.3 Å². The van der Waals surface area contributed by atoms with Crippen molar-refractivity contribution in [2.24, 2.45) is 0 Å². The number of rotatable bonds is 6. The minimum atomic E-state index is -0.758. The molecule has 2 aromatic carbocycles. The summed E-state index contributed by atoms with van der Waals surface area (Å²) in [6.45, 7) is -0.593. The quantitative estimate of drug-likeness (QED) is 0.671. The third-order valence-electron chi connectivity index (χ3n) is 4.57. The number of hydrogen-bond donors (Lipinski definition) is 0. The molecule has 0 aromatic heterocycles. The monoisotopic (exact) mass is 417 g/mol. The van der Waals surface area contributed by atoms with E-state index in [9.17, 15) is 14.4 Å². The Balaban J connectivity index is 1.57. The van der Waals surface area contributed by atoms with Crippen LogP contribution in [0.15, 0.2) is 48.5 Å². The predicted molar refractivity (Wildman–Crippen MR) is 104 cm³/mol. The molecule has 1 atom stereocenters. The fourth-order valence-electron chi connectivity index (χ4n) is 3.07. The van der Waals surface area contributed by atoms with Gasteiger partial charge in [0.2, 0.25) is 0 Å². The standard InChI is InChI=1S/C21H20ClNO6/c1-27-21(26)18-10-14-4-2-3-5-15(14)11-23(18)19(24)12-29-20(25)13-28-17-8-6-16(22)7-9-17/h2-9,18H,10-13H2,1H3/t18-/m0/s1. The lowest BCUT2D eigenvalue weighted by molar-refractivity contribution is -0.160. The average molecular weight is 418 g/mol. The second-order valence-corrected chi connectivity index (χ2v) is 6.87. The second kappa shape index (κ2) is 9.43. The molecule has 0 fully saturated rings. The Kier molecular flexibility index (Phi) is 6.72. The van der Waals surface area contributed by atoms with Gasteiger partial charge in [-0.2, -0.15) is 0 Å². The molecule has 3 rings (SSSR count). The molecule has 7 nitrogen and oxygen atoms in total. The Bertz CT molecular complexity index is 898. The first kappa shape index (κ1) is 20.7. The van der Waals surface area contributed by atoms with Crippen molar-refractivity contribution in [3.05, 3.63) is 64.7 Å². The molecular formula is C21H20ClNO6. The number of fused-ring (bicyclic) bond motifs is 1. The van der Waals surface area contributed by atoms with Crippen molar-refractivity contribution in [2.45, 2.75) is 19.0 Å². The molecule has 0 bridgehead atoms. The maximum absolute atomic E-state index is 12.6. The van der Waals surface area contributed by atoms with E-state index < -0.39 is 30.5 Å². The van der Waals surface area contributed by atoms with Crippen LogP contribution in [0.1, 0.15) is 11.1 Å². The maximum Gasteiger partial charge on any atom is 0.344 e. The van der Waals surface area contributed by atoms with Crippen molar-refractivity contribution < 1.29 is 28.6 Å². The summed E-state index contributed by atoms with van der Waals surface area (Å²) in [6, 6.07) is 13.3. The fraction of sp³-hybridized carbons (Fsp3) is 0.286. The summed E-state index contributed by atoms with van der Waals surface area (Å²) in [7, 11) is 1.28. The van der Waals surface area contributed by atoms with E-state index in [1.54, 1.807) is 24.3 Å². The smallest absolute Gasteiger partial charge is 0.344 e. The molecule has 2 aromatic rings. The molecule has 0 spiro atoms. The topological polar surface area (TPSA) is 82.1 Å². The number of halogens is 1. The summed E-state index contributed by atoms with van der Waals surface area (Å²) in [5.74, 6) is -1.23. The van der Waals surface area contributed by atoms with Crippen LogP contribution in [0, 0.1) is 0 Å². The fourth-order valence-corrected chi connectivity index (χ4v) is 3.20. The number of carbonyl (C=O) groups excluding carboxylic acids is 3. The van der Waals surface area contributed by atoms with E-state index in [2.05, 4.69) is 0 Å². The zero-order chi connectivity index (χ0) is 20.8. The Hall–Kier alpha value is -3.06. The summed E-state index contributed by atoms with van der Waals surface area (Å²) in [5.41, 5.74) is 1.93. The zero-order valence-corrected chi connectivity index (χ0v) is 16.6. The predicted octanol–water partition coefficient (Wildman–Crippen LogP) is 2.39. The third kappa shape index (κ3) is 5.26. The number of hydrogen-bond acceptors (Lipinski definition) is 6. The van der Waals surface area contributed by atoms with Gasteiger partial charge in [-0.3, -0.25) is 4.79 Å². The van der Waals surface area contributed by atoms with Gasteiger partial charge in [-0.25, -0.2) is 9.59 Å². The van der Waals surface area contributed by atoms with Crippen LogP contribution < -0.4 is 4.74 Å². The molecule has 1 aliphatic rings. The largest absolute Gasteiger partial charge is 0.482 e. The first-order valence-corrected chi connectivity index (χ1v) is 9.34. The molecule has 8 heteroatoms. The molecule has 0 unspecified atom stereocenters. The van der Waals surface area contributed by atoms with Gasteiger partial charge in [-0.05, 0) is 35.4 Å². The number of ether oxygens (including phenoxy) is 3. The van der Waals surface area contributed by atoms with Gasteiger partial charge in [-0.15, -0.1) is 0 Å². The number of nitrogens with zero attached hydrogens (tertiary/aromatic N) is 1. The first-order chi connectivity index (χ1) is 14.0. The van der Waals surface area contributed by atoms with Crippen LogP contribution >= 0.6 is 11.6 Å². The Morgan fingerprint density at radius 1 is 1.03 bits per heavy atom. The van der Waals surface area contributed by atoms with Gasteiger partial charge in [-0.1, -0.05) is 35.9 Å². The normalized spacial score (nSPS) is 15.2. The van der Waals surface area contributed by atoms with Crippen LogP contribution in [0.5, 0.6) is 5.75 Å². The molecule has 152 valence electrons. The van der Waals surface area contributed by atoms with Crippen LogP contribution in [0.2, 0.25) is 5.02 Å². The van der Waals surface area contributed by atoms with Crippen LogP contribution in [0.3, 0.4) is 0 Å².